The Morgan fingerprint density at radius 2 is 2.24 bits per heavy atom. The normalized spacial score (nSPS) is 18.0. The van der Waals surface area contributed by atoms with Gasteiger partial charge in [-0.25, -0.2) is 0 Å². The molecule has 0 N–H and O–H groups in total. The lowest BCUT2D eigenvalue weighted by molar-refractivity contribution is -0.150. The van der Waals surface area contributed by atoms with Gasteiger partial charge in [0.1, 0.15) is 3.70 Å². The number of pyridine rings is 1. The van der Waals surface area contributed by atoms with E-state index in [1.54, 1.807) is 6.20 Å². The molecule has 1 fully saturated rings. The van der Waals surface area contributed by atoms with Gasteiger partial charge in [-0.15, -0.1) is 0 Å². The van der Waals surface area contributed by atoms with Gasteiger partial charge < -0.3 is 4.74 Å². The highest BCUT2D eigenvalue weighted by atomic mass is 127. The molecule has 0 saturated heterocycles. The Labute approximate surface area is 115 Å². The van der Waals surface area contributed by atoms with Gasteiger partial charge in [-0.05, 0) is 60.1 Å². The lowest BCUT2D eigenvalue weighted by atomic mass is 9.79. The molecule has 0 atom stereocenters. The van der Waals surface area contributed by atoms with Crippen LogP contribution in [-0.4, -0.2) is 17.6 Å². The van der Waals surface area contributed by atoms with E-state index in [4.69, 9.17) is 4.74 Å². The summed E-state index contributed by atoms with van der Waals surface area (Å²) in [6.07, 6.45) is 5.75. The molecule has 2 rings (SSSR count). The first-order chi connectivity index (χ1) is 8.19. The molecule has 0 aromatic carbocycles. The quantitative estimate of drug-likeness (QED) is 0.480. The summed E-state index contributed by atoms with van der Waals surface area (Å²) in [4.78, 5) is 16.4. The maximum absolute atomic E-state index is 12.2. The van der Waals surface area contributed by atoms with Crippen LogP contribution in [0.15, 0.2) is 18.3 Å². The monoisotopic (exact) mass is 345 g/mol. The summed E-state index contributed by atoms with van der Waals surface area (Å²) >= 11 is 2.18. The van der Waals surface area contributed by atoms with E-state index < -0.39 is 5.41 Å². The molecular formula is C13H16INO2. The van der Waals surface area contributed by atoms with E-state index in [9.17, 15) is 4.79 Å². The van der Waals surface area contributed by atoms with E-state index in [0.717, 1.165) is 34.9 Å². The van der Waals surface area contributed by atoms with E-state index in [-0.39, 0.29) is 5.97 Å². The summed E-state index contributed by atoms with van der Waals surface area (Å²) in [6.45, 7) is 2.31. The molecule has 0 bridgehead atoms. The predicted molar refractivity (Wildman–Crippen MR) is 73.7 cm³/mol. The van der Waals surface area contributed by atoms with E-state index in [0.29, 0.717) is 6.61 Å². The highest BCUT2D eigenvalue weighted by molar-refractivity contribution is 14.1. The summed E-state index contributed by atoms with van der Waals surface area (Å²) in [7, 11) is 0. The number of aromatic nitrogens is 1. The van der Waals surface area contributed by atoms with Crippen molar-refractivity contribution in [3.05, 3.63) is 27.6 Å². The standard InChI is InChI=1S/C13H16INO2/c1-2-17-12(16)13(6-3-4-7-13)10-5-8-15-11(14)9-10/h5,8-9H,2-4,6-7H2,1H3. The molecule has 0 amide bonds. The van der Waals surface area contributed by atoms with Crippen LogP contribution in [0.4, 0.5) is 0 Å². The molecule has 0 radical (unpaired) electrons. The highest BCUT2D eigenvalue weighted by Gasteiger charge is 2.44. The number of hydrogen-bond acceptors (Lipinski definition) is 3. The molecule has 4 heteroatoms. The third kappa shape index (κ3) is 2.46. The summed E-state index contributed by atoms with van der Waals surface area (Å²) in [5.41, 5.74) is 0.645. The van der Waals surface area contributed by atoms with E-state index in [1.807, 2.05) is 19.1 Å². The van der Waals surface area contributed by atoms with Gasteiger partial charge in [0.2, 0.25) is 0 Å². The van der Waals surface area contributed by atoms with E-state index in [2.05, 4.69) is 27.6 Å². The van der Waals surface area contributed by atoms with Crippen LogP contribution in [0.3, 0.4) is 0 Å². The molecule has 1 heterocycles. The summed E-state index contributed by atoms with van der Waals surface area (Å²) in [6, 6.07) is 3.95. The van der Waals surface area contributed by atoms with E-state index >= 15 is 0 Å². The van der Waals surface area contributed by atoms with Crippen molar-refractivity contribution >= 4 is 28.6 Å². The second kappa shape index (κ2) is 5.33. The zero-order valence-corrected chi connectivity index (χ0v) is 12.1. The second-order valence-corrected chi connectivity index (χ2v) is 5.48. The lowest BCUT2D eigenvalue weighted by Crippen LogP contribution is -2.34. The molecule has 1 aromatic heterocycles. The van der Waals surface area contributed by atoms with Gasteiger partial charge in [0, 0.05) is 6.20 Å². The van der Waals surface area contributed by atoms with Crippen molar-refractivity contribution in [3.8, 4) is 0 Å². The average Bonchev–Trinajstić information content (AvgIpc) is 2.79. The maximum atomic E-state index is 12.2. The molecule has 0 spiro atoms. The third-order valence-corrected chi connectivity index (χ3v) is 3.99. The van der Waals surface area contributed by atoms with Crippen LogP contribution in [0.2, 0.25) is 0 Å². The molecule has 1 saturated carbocycles. The van der Waals surface area contributed by atoms with Crippen molar-refractivity contribution in [1.29, 1.82) is 0 Å². The molecule has 0 aliphatic heterocycles. The minimum Gasteiger partial charge on any atom is -0.465 e. The number of rotatable bonds is 3. The Morgan fingerprint density at radius 3 is 2.82 bits per heavy atom. The van der Waals surface area contributed by atoms with Crippen LogP contribution in [0.5, 0.6) is 0 Å². The van der Waals surface area contributed by atoms with Crippen molar-refractivity contribution < 1.29 is 9.53 Å². The fraction of sp³-hybridized carbons (Fsp3) is 0.538. The number of carbonyl (C=O) groups is 1. The Hall–Kier alpha value is -0.650. The predicted octanol–water partition coefficient (Wildman–Crippen LogP) is 3.06. The topological polar surface area (TPSA) is 39.2 Å². The van der Waals surface area contributed by atoms with Gasteiger partial charge in [0.05, 0.1) is 12.0 Å². The number of carbonyl (C=O) groups excluding carboxylic acids is 1. The van der Waals surface area contributed by atoms with Gasteiger partial charge in [0.15, 0.2) is 0 Å². The molecule has 92 valence electrons. The van der Waals surface area contributed by atoms with Crippen LogP contribution in [-0.2, 0) is 14.9 Å². The van der Waals surface area contributed by atoms with Gasteiger partial charge in [0.25, 0.3) is 0 Å². The minimum atomic E-state index is -0.418. The summed E-state index contributed by atoms with van der Waals surface area (Å²) < 4.78 is 6.19. The Morgan fingerprint density at radius 1 is 1.53 bits per heavy atom. The second-order valence-electron chi connectivity index (χ2n) is 4.38. The van der Waals surface area contributed by atoms with Gasteiger partial charge in [-0.2, -0.15) is 0 Å². The lowest BCUT2D eigenvalue weighted by Gasteiger charge is -2.26. The van der Waals surface area contributed by atoms with Gasteiger partial charge >= 0.3 is 5.97 Å². The third-order valence-electron chi connectivity index (χ3n) is 3.40. The molecule has 1 aromatic rings. The fourth-order valence-electron chi connectivity index (χ4n) is 2.56. The van der Waals surface area contributed by atoms with Crippen molar-refractivity contribution in [2.45, 2.75) is 38.0 Å². The minimum absolute atomic E-state index is 0.0699. The molecule has 17 heavy (non-hydrogen) atoms. The first-order valence-corrected chi connectivity index (χ1v) is 7.06. The van der Waals surface area contributed by atoms with Crippen LogP contribution in [0, 0.1) is 3.70 Å². The fourth-order valence-corrected chi connectivity index (χ4v) is 3.05. The highest BCUT2D eigenvalue weighted by Crippen LogP contribution is 2.42. The van der Waals surface area contributed by atoms with Gasteiger partial charge in [-0.3, -0.25) is 9.78 Å². The Balaban J connectivity index is 2.37. The Bertz CT molecular complexity index is 414. The van der Waals surface area contributed by atoms with Crippen molar-refractivity contribution in [2.75, 3.05) is 6.61 Å². The zero-order chi connectivity index (χ0) is 12.3. The Kier molecular flexibility index (Phi) is 4.01. The molecular weight excluding hydrogens is 329 g/mol. The number of nitrogens with zero attached hydrogens (tertiary/aromatic N) is 1. The van der Waals surface area contributed by atoms with Crippen molar-refractivity contribution in [3.63, 3.8) is 0 Å². The number of ether oxygens (including phenoxy) is 1. The molecule has 0 unspecified atom stereocenters. The maximum Gasteiger partial charge on any atom is 0.316 e. The average molecular weight is 345 g/mol. The molecule has 1 aliphatic rings. The number of esters is 1. The van der Waals surface area contributed by atoms with Crippen LogP contribution in [0.1, 0.15) is 38.2 Å². The van der Waals surface area contributed by atoms with Crippen molar-refractivity contribution in [2.24, 2.45) is 0 Å². The molecule has 1 aliphatic carbocycles. The van der Waals surface area contributed by atoms with Crippen LogP contribution in [0.25, 0.3) is 0 Å². The van der Waals surface area contributed by atoms with Crippen LogP contribution < -0.4 is 0 Å². The van der Waals surface area contributed by atoms with E-state index in [1.165, 1.54) is 0 Å². The SMILES string of the molecule is CCOC(=O)C1(c2ccnc(I)c2)CCCC1. The van der Waals surface area contributed by atoms with Crippen molar-refractivity contribution in [1.82, 2.24) is 4.98 Å². The number of halogens is 1. The first-order valence-electron chi connectivity index (χ1n) is 5.98. The first kappa shape index (κ1) is 12.8. The zero-order valence-electron chi connectivity index (χ0n) is 9.91. The largest absolute Gasteiger partial charge is 0.465 e. The smallest absolute Gasteiger partial charge is 0.316 e. The molecule has 3 nitrogen and oxygen atoms in total. The van der Waals surface area contributed by atoms with Crippen LogP contribution >= 0.6 is 22.6 Å². The summed E-state index contributed by atoms with van der Waals surface area (Å²) in [5.74, 6) is -0.0699. The summed E-state index contributed by atoms with van der Waals surface area (Å²) in [5, 5.41) is 0. The number of hydrogen-bond donors (Lipinski definition) is 0. The van der Waals surface area contributed by atoms with Gasteiger partial charge in [-0.1, -0.05) is 12.8 Å².